The molecule has 0 unspecified atom stereocenters. The number of halogens is 1. The zero-order valence-electron chi connectivity index (χ0n) is 11.8. The first-order valence-electron chi connectivity index (χ1n) is 6.81. The number of hydrogen-bond donors (Lipinski definition) is 2. The predicted octanol–water partition coefficient (Wildman–Crippen LogP) is 3.85. The standard InChI is InChI=1S/C15H19BrN4/c1-3-13-19-14(17-4-2)9-15(20-13)18-10-11-5-7-12(16)8-6-11/h5-9H,3-4,10H2,1-2H3,(H2,17,18,19,20). The van der Waals surface area contributed by atoms with Crippen molar-refractivity contribution in [2.24, 2.45) is 0 Å². The van der Waals surface area contributed by atoms with Crippen LogP contribution in [0, 0.1) is 0 Å². The van der Waals surface area contributed by atoms with E-state index in [1.807, 2.05) is 18.2 Å². The SMILES string of the molecule is CCNc1cc(NCc2ccc(Br)cc2)nc(CC)n1. The topological polar surface area (TPSA) is 49.8 Å². The van der Waals surface area contributed by atoms with E-state index in [1.54, 1.807) is 0 Å². The van der Waals surface area contributed by atoms with Gasteiger partial charge in [0.15, 0.2) is 0 Å². The molecule has 0 atom stereocenters. The summed E-state index contributed by atoms with van der Waals surface area (Å²) in [4.78, 5) is 8.94. The zero-order valence-corrected chi connectivity index (χ0v) is 13.4. The Kier molecular flexibility index (Phi) is 5.35. The Balaban J connectivity index is 2.07. The van der Waals surface area contributed by atoms with E-state index in [9.17, 15) is 0 Å². The van der Waals surface area contributed by atoms with Crippen LogP contribution in [0.25, 0.3) is 0 Å². The van der Waals surface area contributed by atoms with Gasteiger partial charge in [-0.05, 0) is 24.6 Å². The third-order valence-electron chi connectivity index (χ3n) is 2.83. The highest BCUT2D eigenvalue weighted by Crippen LogP contribution is 2.14. The van der Waals surface area contributed by atoms with Crippen molar-refractivity contribution in [3.63, 3.8) is 0 Å². The molecule has 4 nitrogen and oxygen atoms in total. The summed E-state index contributed by atoms with van der Waals surface area (Å²) in [6.07, 6.45) is 0.826. The lowest BCUT2D eigenvalue weighted by Crippen LogP contribution is -2.07. The maximum absolute atomic E-state index is 4.50. The molecule has 0 spiro atoms. The molecule has 0 aliphatic rings. The van der Waals surface area contributed by atoms with Gasteiger partial charge in [-0.3, -0.25) is 0 Å². The summed E-state index contributed by atoms with van der Waals surface area (Å²) in [6.45, 7) is 5.72. The van der Waals surface area contributed by atoms with E-state index < -0.39 is 0 Å². The highest BCUT2D eigenvalue weighted by Gasteiger charge is 2.03. The maximum Gasteiger partial charge on any atom is 0.132 e. The molecule has 20 heavy (non-hydrogen) atoms. The van der Waals surface area contributed by atoms with Gasteiger partial charge in [0.05, 0.1) is 0 Å². The summed E-state index contributed by atoms with van der Waals surface area (Å²) in [6, 6.07) is 10.2. The minimum atomic E-state index is 0.749. The number of nitrogens with zero attached hydrogens (tertiary/aromatic N) is 2. The molecule has 1 aromatic heterocycles. The Morgan fingerprint density at radius 3 is 2.25 bits per heavy atom. The number of anilines is 2. The van der Waals surface area contributed by atoms with Gasteiger partial charge < -0.3 is 10.6 Å². The predicted molar refractivity (Wildman–Crippen MR) is 87.0 cm³/mol. The summed E-state index contributed by atoms with van der Waals surface area (Å²) < 4.78 is 1.09. The lowest BCUT2D eigenvalue weighted by atomic mass is 10.2. The maximum atomic E-state index is 4.50. The lowest BCUT2D eigenvalue weighted by molar-refractivity contribution is 0.929. The minimum Gasteiger partial charge on any atom is -0.370 e. The van der Waals surface area contributed by atoms with Gasteiger partial charge in [0.25, 0.3) is 0 Å². The van der Waals surface area contributed by atoms with Crippen molar-refractivity contribution >= 4 is 27.6 Å². The van der Waals surface area contributed by atoms with Crippen LogP contribution >= 0.6 is 15.9 Å². The molecular formula is C15H19BrN4. The van der Waals surface area contributed by atoms with Crippen molar-refractivity contribution in [1.29, 1.82) is 0 Å². The third kappa shape index (κ3) is 4.20. The second-order valence-electron chi connectivity index (χ2n) is 4.42. The van der Waals surface area contributed by atoms with Gasteiger partial charge >= 0.3 is 0 Å². The molecule has 0 radical (unpaired) electrons. The van der Waals surface area contributed by atoms with Crippen LogP contribution in [0.3, 0.4) is 0 Å². The fourth-order valence-electron chi connectivity index (χ4n) is 1.81. The van der Waals surface area contributed by atoms with E-state index in [1.165, 1.54) is 5.56 Å². The van der Waals surface area contributed by atoms with E-state index in [2.05, 4.69) is 62.5 Å². The lowest BCUT2D eigenvalue weighted by Gasteiger charge is -2.10. The molecule has 2 rings (SSSR count). The smallest absolute Gasteiger partial charge is 0.132 e. The molecule has 5 heteroatoms. The van der Waals surface area contributed by atoms with Crippen LogP contribution in [0.5, 0.6) is 0 Å². The van der Waals surface area contributed by atoms with Crippen LogP contribution in [0.4, 0.5) is 11.6 Å². The highest BCUT2D eigenvalue weighted by atomic mass is 79.9. The molecule has 1 heterocycles. The minimum absolute atomic E-state index is 0.749. The van der Waals surface area contributed by atoms with Gasteiger partial charge in [-0.1, -0.05) is 35.0 Å². The van der Waals surface area contributed by atoms with E-state index in [-0.39, 0.29) is 0 Å². The van der Waals surface area contributed by atoms with Gasteiger partial charge in [0.1, 0.15) is 17.5 Å². The average molecular weight is 335 g/mol. The number of rotatable bonds is 6. The Labute approximate surface area is 128 Å². The molecule has 2 aromatic rings. The van der Waals surface area contributed by atoms with Crippen molar-refractivity contribution in [1.82, 2.24) is 9.97 Å². The molecule has 0 aliphatic heterocycles. The van der Waals surface area contributed by atoms with Crippen molar-refractivity contribution in [3.05, 3.63) is 46.2 Å². The van der Waals surface area contributed by atoms with Crippen LogP contribution in [0.1, 0.15) is 25.2 Å². The van der Waals surface area contributed by atoms with Crippen LogP contribution < -0.4 is 10.6 Å². The Hall–Kier alpha value is -1.62. The second kappa shape index (κ2) is 7.24. The normalized spacial score (nSPS) is 10.3. The number of aryl methyl sites for hydroxylation is 1. The van der Waals surface area contributed by atoms with Crippen LogP contribution in [0.15, 0.2) is 34.8 Å². The number of aromatic nitrogens is 2. The van der Waals surface area contributed by atoms with Crippen molar-refractivity contribution < 1.29 is 0 Å². The molecule has 106 valence electrons. The zero-order chi connectivity index (χ0) is 14.4. The Morgan fingerprint density at radius 1 is 1.00 bits per heavy atom. The first-order valence-corrected chi connectivity index (χ1v) is 7.60. The summed E-state index contributed by atoms with van der Waals surface area (Å²) in [5, 5.41) is 6.58. The van der Waals surface area contributed by atoms with E-state index in [4.69, 9.17) is 0 Å². The third-order valence-corrected chi connectivity index (χ3v) is 3.36. The van der Waals surface area contributed by atoms with E-state index in [0.29, 0.717) is 0 Å². The Morgan fingerprint density at radius 2 is 1.65 bits per heavy atom. The number of hydrogen-bond acceptors (Lipinski definition) is 4. The molecule has 0 bridgehead atoms. The van der Waals surface area contributed by atoms with Gasteiger partial charge in [0.2, 0.25) is 0 Å². The van der Waals surface area contributed by atoms with Crippen LogP contribution in [-0.4, -0.2) is 16.5 Å². The van der Waals surface area contributed by atoms with Gasteiger partial charge in [-0.15, -0.1) is 0 Å². The fraction of sp³-hybridized carbons (Fsp3) is 0.333. The molecule has 0 fully saturated rings. The summed E-state index contributed by atoms with van der Waals surface area (Å²) in [5.74, 6) is 2.58. The molecule has 0 amide bonds. The van der Waals surface area contributed by atoms with Gasteiger partial charge in [0, 0.05) is 30.0 Å². The van der Waals surface area contributed by atoms with Crippen molar-refractivity contribution in [2.45, 2.75) is 26.8 Å². The van der Waals surface area contributed by atoms with E-state index >= 15 is 0 Å². The first-order chi connectivity index (χ1) is 9.71. The molecule has 2 N–H and O–H groups in total. The van der Waals surface area contributed by atoms with Crippen molar-refractivity contribution in [3.8, 4) is 0 Å². The van der Waals surface area contributed by atoms with Crippen LogP contribution in [0.2, 0.25) is 0 Å². The summed E-state index contributed by atoms with van der Waals surface area (Å²) in [5.41, 5.74) is 1.22. The van der Waals surface area contributed by atoms with Gasteiger partial charge in [-0.2, -0.15) is 0 Å². The highest BCUT2D eigenvalue weighted by molar-refractivity contribution is 9.10. The summed E-state index contributed by atoms with van der Waals surface area (Å²) in [7, 11) is 0. The average Bonchev–Trinajstić information content (AvgIpc) is 2.47. The quantitative estimate of drug-likeness (QED) is 0.842. The number of nitrogens with one attached hydrogen (secondary N) is 2. The Bertz CT molecular complexity index is 554. The van der Waals surface area contributed by atoms with Crippen molar-refractivity contribution in [2.75, 3.05) is 17.2 Å². The fourth-order valence-corrected chi connectivity index (χ4v) is 2.08. The monoisotopic (exact) mass is 334 g/mol. The molecular weight excluding hydrogens is 316 g/mol. The van der Waals surface area contributed by atoms with E-state index in [0.717, 1.165) is 41.4 Å². The summed E-state index contributed by atoms with van der Waals surface area (Å²) >= 11 is 3.44. The molecule has 1 aromatic carbocycles. The number of benzene rings is 1. The second-order valence-corrected chi connectivity index (χ2v) is 5.33. The largest absolute Gasteiger partial charge is 0.370 e. The van der Waals surface area contributed by atoms with Crippen LogP contribution in [-0.2, 0) is 13.0 Å². The first kappa shape index (κ1) is 14.8. The molecule has 0 saturated heterocycles. The van der Waals surface area contributed by atoms with Gasteiger partial charge in [-0.25, -0.2) is 9.97 Å². The molecule has 0 aliphatic carbocycles. The molecule has 0 saturated carbocycles.